The average Bonchev–Trinajstić information content (AvgIpc) is 2.58. The normalized spacial score (nSPS) is 18.6. The highest BCUT2D eigenvalue weighted by atomic mass is 127. The lowest BCUT2D eigenvalue weighted by atomic mass is 10.1. The van der Waals surface area contributed by atoms with E-state index < -0.39 is 6.09 Å². The Kier molecular flexibility index (Phi) is 3.14. The van der Waals surface area contributed by atoms with Gasteiger partial charge < -0.3 is 5.11 Å². The molecular formula is C11H12INO2. The minimum absolute atomic E-state index is 0.676. The molecule has 0 aliphatic heterocycles. The van der Waals surface area contributed by atoms with Gasteiger partial charge in [-0.2, -0.15) is 0 Å². The van der Waals surface area contributed by atoms with Gasteiger partial charge in [0.05, 0.1) is 0 Å². The zero-order valence-electron chi connectivity index (χ0n) is 8.16. The lowest BCUT2D eigenvalue weighted by molar-refractivity contribution is 0.210. The Morgan fingerprint density at radius 3 is 2.87 bits per heavy atom. The Bertz CT molecular complexity index is 392. The number of amides is 1. The van der Waals surface area contributed by atoms with Crippen molar-refractivity contribution in [2.24, 2.45) is 5.92 Å². The summed E-state index contributed by atoms with van der Waals surface area (Å²) in [5.74, 6) is 0.723. The fourth-order valence-corrected chi connectivity index (χ4v) is 2.64. The van der Waals surface area contributed by atoms with Gasteiger partial charge in [0.2, 0.25) is 0 Å². The van der Waals surface area contributed by atoms with Crippen molar-refractivity contribution in [2.45, 2.75) is 12.8 Å². The molecule has 1 aromatic rings. The molecule has 0 unspecified atom stereocenters. The van der Waals surface area contributed by atoms with Crippen molar-refractivity contribution in [1.29, 1.82) is 0 Å². The van der Waals surface area contributed by atoms with Crippen molar-refractivity contribution < 1.29 is 9.90 Å². The van der Waals surface area contributed by atoms with Crippen LogP contribution in [0.5, 0.6) is 0 Å². The van der Waals surface area contributed by atoms with Crippen LogP contribution in [0.3, 0.4) is 0 Å². The molecule has 0 spiro atoms. The SMILES string of the molecule is O=C(O)Nc1ccc2c(c1)C[C@H](CI)C2. The lowest BCUT2D eigenvalue weighted by Gasteiger charge is -2.03. The molecule has 80 valence electrons. The highest BCUT2D eigenvalue weighted by molar-refractivity contribution is 14.1. The number of carbonyl (C=O) groups is 1. The van der Waals surface area contributed by atoms with E-state index >= 15 is 0 Å². The van der Waals surface area contributed by atoms with Crippen LogP contribution in [0.15, 0.2) is 18.2 Å². The number of alkyl halides is 1. The standard InChI is InChI=1S/C11H12INO2/c12-6-7-3-8-1-2-10(13-11(14)15)5-9(8)4-7/h1-2,5,7,13H,3-4,6H2,(H,14,15)/t7-/m1/s1. The maximum atomic E-state index is 10.5. The Labute approximate surface area is 102 Å². The number of nitrogens with one attached hydrogen (secondary N) is 1. The van der Waals surface area contributed by atoms with Gasteiger partial charge in [0, 0.05) is 10.1 Å². The third kappa shape index (κ3) is 2.42. The van der Waals surface area contributed by atoms with Crippen LogP contribution in [0, 0.1) is 5.92 Å². The topological polar surface area (TPSA) is 49.3 Å². The summed E-state index contributed by atoms with van der Waals surface area (Å²) in [6.45, 7) is 0. The number of rotatable bonds is 2. The predicted octanol–water partition coefficient (Wildman–Crippen LogP) is 2.93. The van der Waals surface area contributed by atoms with Crippen LogP contribution in [0.1, 0.15) is 11.1 Å². The van der Waals surface area contributed by atoms with Crippen LogP contribution < -0.4 is 5.32 Å². The predicted molar refractivity (Wildman–Crippen MR) is 67.9 cm³/mol. The molecule has 4 heteroatoms. The molecular weight excluding hydrogens is 305 g/mol. The smallest absolute Gasteiger partial charge is 0.409 e. The van der Waals surface area contributed by atoms with E-state index in [0.29, 0.717) is 5.69 Å². The van der Waals surface area contributed by atoms with Crippen LogP contribution in [-0.2, 0) is 12.8 Å². The van der Waals surface area contributed by atoms with E-state index in [9.17, 15) is 4.79 Å². The van der Waals surface area contributed by atoms with Crippen molar-refractivity contribution in [3.05, 3.63) is 29.3 Å². The fourth-order valence-electron chi connectivity index (χ4n) is 2.02. The molecule has 1 aromatic carbocycles. The van der Waals surface area contributed by atoms with Gasteiger partial charge >= 0.3 is 6.09 Å². The maximum absolute atomic E-state index is 10.5. The van der Waals surface area contributed by atoms with E-state index in [1.54, 1.807) is 0 Å². The molecule has 1 amide bonds. The number of benzene rings is 1. The molecule has 1 aliphatic rings. The molecule has 0 saturated heterocycles. The van der Waals surface area contributed by atoms with E-state index in [1.807, 2.05) is 18.2 Å². The molecule has 0 radical (unpaired) electrons. The number of anilines is 1. The number of carboxylic acid groups (broad SMARTS) is 1. The largest absolute Gasteiger partial charge is 0.465 e. The summed E-state index contributed by atoms with van der Waals surface area (Å²) in [5, 5.41) is 11.0. The molecule has 0 heterocycles. The van der Waals surface area contributed by atoms with Crippen LogP contribution in [-0.4, -0.2) is 15.6 Å². The third-order valence-electron chi connectivity index (χ3n) is 2.69. The number of hydrogen-bond donors (Lipinski definition) is 2. The molecule has 0 fully saturated rings. The van der Waals surface area contributed by atoms with Crippen molar-refractivity contribution in [1.82, 2.24) is 0 Å². The maximum Gasteiger partial charge on any atom is 0.409 e. The molecule has 2 N–H and O–H groups in total. The first-order valence-corrected chi connectivity index (χ1v) is 6.39. The van der Waals surface area contributed by atoms with Crippen molar-refractivity contribution in [2.75, 3.05) is 9.74 Å². The lowest BCUT2D eigenvalue weighted by Crippen LogP contribution is -2.07. The van der Waals surface area contributed by atoms with E-state index in [4.69, 9.17) is 5.11 Å². The molecule has 3 nitrogen and oxygen atoms in total. The first kappa shape index (κ1) is 10.7. The molecule has 2 rings (SSSR count). The van der Waals surface area contributed by atoms with Gasteiger partial charge in [-0.15, -0.1) is 0 Å². The monoisotopic (exact) mass is 317 g/mol. The summed E-state index contributed by atoms with van der Waals surface area (Å²) in [6.07, 6.45) is 1.21. The average molecular weight is 317 g/mol. The second-order valence-electron chi connectivity index (χ2n) is 3.84. The van der Waals surface area contributed by atoms with Crippen molar-refractivity contribution >= 4 is 34.4 Å². The third-order valence-corrected chi connectivity index (χ3v) is 3.94. The van der Waals surface area contributed by atoms with Gasteiger partial charge in [0.25, 0.3) is 0 Å². The summed E-state index contributed by atoms with van der Waals surface area (Å²) < 4.78 is 1.16. The zero-order valence-corrected chi connectivity index (χ0v) is 10.3. The Morgan fingerprint density at radius 2 is 2.20 bits per heavy atom. The summed E-state index contributed by atoms with van der Waals surface area (Å²) in [4.78, 5) is 10.5. The number of hydrogen-bond acceptors (Lipinski definition) is 1. The zero-order chi connectivity index (χ0) is 10.8. The van der Waals surface area contributed by atoms with E-state index in [1.165, 1.54) is 11.1 Å². The first-order valence-electron chi connectivity index (χ1n) is 4.86. The van der Waals surface area contributed by atoms with Crippen LogP contribution >= 0.6 is 22.6 Å². The summed E-state index contributed by atoms with van der Waals surface area (Å²) in [5.41, 5.74) is 3.34. The molecule has 0 saturated carbocycles. The van der Waals surface area contributed by atoms with E-state index in [-0.39, 0.29) is 0 Å². The Morgan fingerprint density at radius 1 is 1.47 bits per heavy atom. The van der Waals surface area contributed by atoms with E-state index in [2.05, 4.69) is 27.9 Å². The fraction of sp³-hybridized carbons (Fsp3) is 0.364. The van der Waals surface area contributed by atoms with Gasteiger partial charge in [-0.1, -0.05) is 28.7 Å². The van der Waals surface area contributed by atoms with Crippen LogP contribution in [0.4, 0.5) is 10.5 Å². The number of halogens is 1. The molecule has 1 aliphatic carbocycles. The quantitative estimate of drug-likeness (QED) is 0.651. The highest BCUT2D eigenvalue weighted by Crippen LogP contribution is 2.30. The summed E-state index contributed by atoms with van der Waals surface area (Å²) in [7, 11) is 0. The van der Waals surface area contributed by atoms with Gasteiger partial charge in [0.15, 0.2) is 0 Å². The van der Waals surface area contributed by atoms with Gasteiger partial charge in [-0.25, -0.2) is 4.79 Å². The molecule has 15 heavy (non-hydrogen) atoms. The number of fused-ring (bicyclic) bond motifs is 1. The molecule has 0 aromatic heterocycles. The summed E-state index contributed by atoms with van der Waals surface area (Å²) in [6, 6.07) is 5.82. The molecule has 1 atom stereocenters. The Balaban J connectivity index is 2.18. The van der Waals surface area contributed by atoms with Crippen LogP contribution in [0.25, 0.3) is 0 Å². The van der Waals surface area contributed by atoms with Gasteiger partial charge in [-0.3, -0.25) is 5.32 Å². The summed E-state index contributed by atoms with van der Waals surface area (Å²) >= 11 is 2.41. The van der Waals surface area contributed by atoms with Crippen molar-refractivity contribution in [3.63, 3.8) is 0 Å². The van der Waals surface area contributed by atoms with Crippen molar-refractivity contribution in [3.8, 4) is 0 Å². The van der Waals surface area contributed by atoms with E-state index in [0.717, 1.165) is 23.2 Å². The Hall–Kier alpha value is -0.780. The van der Waals surface area contributed by atoms with Gasteiger partial charge in [-0.05, 0) is 42.0 Å². The molecule has 0 bridgehead atoms. The second kappa shape index (κ2) is 4.38. The minimum Gasteiger partial charge on any atom is -0.465 e. The van der Waals surface area contributed by atoms with Gasteiger partial charge in [0.1, 0.15) is 0 Å². The van der Waals surface area contributed by atoms with Crippen LogP contribution in [0.2, 0.25) is 0 Å². The highest BCUT2D eigenvalue weighted by Gasteiger charge is 2.20. The second-order valence-corrected chi connectivity index (χ2v) is 4.72. The minimum atomic E-state index is -1.00. The first-order chi connectivity index (χ1) is 7.19.